The summed E-state index contributed by atoms with van der Waals surface area (Å²) in [6.45, 7) is 2.03. The molecule has 1 aliphatic rings. The van der Waals surface area contributed by atoms with E-state index in [2.05, 4.69) is 10.3 Å². The molecule has 2 amide bonds. The number of nitrogens with one attached hydrogen (secondary N) is 1. The van der Waals surface area contributed by atoms with Gasteiger partial charge in [-0.05, 0) is 48.6 Å². The van der Waals surface area contributed by atoms with Gasteiger partial charge in [0.1, 0.15) is 0 Å². The van der Waals surface area contributed by atoms with Crippen LogP contribution in [0.3, 0.4) is 0 Å². The van der Waals surface area contributed by atoms with Crippen molar-refractivity contribution in [2.24, 2.45) is 5.92 Å². The number of halogens is 1. The van der Waals surface area contributed by atoms with Gasteiger partial charge in [-0.1, -0.05) is 29.8 Å². The van der Waals surface area contributed by atoms with E-state index >= 15 is 0 Å². The lowest BCUT2D eigenvalue weighted by Crippen LogP contribution is -2.41. The molecule has 0 spiro atoms. The summed E-state index contributed by atoms with van der Waals surface area (Å²) in [7, 11) is 0. The van der Waals surface area contributed by atoms with Crippen molar-refractivity contribution in [1.29, 1.82) is 0 Å². The van der Waals surface area contributed by atoms with E-state index in [-0.39, 0.29) is 11.8 Å². The van der Waals surface area contributed by atoms with Gasteiger partial charge in [-0.2, -0.15) is 0 Å². The van der Waals surface area contributed by atoms with Gasteiger partial charge in [0.05, 0.1) is 0 Å². The summed E-state index contributed by atoms with van der Waals surface area (Å²) >= 11 is 6.07. The number of amides is 2. The number of rotatable bonds is 5. The van der Waals surface area contributed by atoms with Gasteiger partial charge >= 0.3 is 0 Å². The number of carbonyl (C=O) groups is 2. The fourth-order valence-corrected chi connectivity index (χ4v) is 3.30. The fourth-order valence-electron chi connectivity index (χ4n) is 3.10. The van der Waals surface area contributed by atoms with Gasteiger partial charge in [-0.3, -0.25) is 14.6 Å². The predicted molar refractivity (Wildman–Crippen MR) is 106 cm³/mol. The SMILES string of the molecule is O=C(C=Cc1ccccc1Cl)NCC1CCN(C(=O)c2ccncc2)CC1. The lowest BCUT2D eigenvalue weighted by Gasteiger charge is -2.32. The maximum atomic E-state index is 12.4. The summed E-state index contributed by atoms with van der Waals surface area (Å²) < 4.78 is 0. The Bertz CT molecular complexity index is 815. The Morgan fingerprint density at radius 2 is 1.85 bits per heavy atom. The van der Waals surface area contributed by atoms with Gasteiger partial charge in [-0.15, -0.1) is 0 Å². The number of piperidine rings is 1. The molecule has 1 saturated heterocycles. The molecule has 1 N–H and O–H groups in total. The normalized spacial score (nSPS) is 15.1. The van der Waals surface area contributed by atoms with Crippen LogP contribution in [-0.2, 0) is 4.79 Å². The second-order valence-corrected chi connectivity index (χ2v) is 6.98. The molecule has 5 nitrogen and oxygen atoms in total. The van der Waals surface area contributed by atoms with E-state index in [1.54, 1.807) is 36.7 Å². The number of hydrogen-bond donors (Lipinski definition) is 1. The van der Waals surface area contributed by atoms with Crippen molar-refractivity contribution in [2.75, 3.05) is 19.6 Å². The third-order valence-electron chi connectivity index (χ3n) is 4.71. The largest absolute Gasteiger partial charge is 0.352 e. The minimum atomic E-state index is -0.134. The number of carbonyl (C=O) groups excluding carboxylic acids is 2. The molecular formula is C21H22ClN3O2. The zero-order valence-electron chi connectivity index (χ0n) is 15.0. The number of hydrogen-bond acceptors (Lipinski definition) is 3. The van der Waals surface area contributed by atoms with E-state index < -0.39 is 0 Å². The summed E-state index contributed by atoms with van der Waals surface area (Å²) in [6.07, 6.45) is 8.24. The van der Waals surface area contributed by atoms with Gasteiger partial charge in [0.25, 0.3) is 5.91 Å². The Morgan fingerprint density at radius 3 is 2.56 bits per heavy atom. The Balaban J connectivity index is 1.42. The van der Waals surface area contributed by atoms with Crippen molar-refractivity contribution in [1.82, 2.24) is 15.2 Å². The van der Waals surface area contributed by atoms with Crippen molar-refractivity contribution in [3.8, 4) is 0 Å². The van der Waals surface area contributed by atoms with Gasteiger partial charge in [-0.25, -0.2) is 0 Å². The minimum absolute atomic E-state index is 0.0440. The van der Waals surface area contributed by atoms with Crippen LogP contribution in [0.4, 0.5) is 0 Å². The average Bonchev–Trinajstić information content (AvgIpc) is 2.72. The van der Waals surface area contributed by atoms with Crippen LogP contribution in [0.1, 0.15) is 28.8 Å². The van der Waals surface area contributed by atoms with Crippen molar-refractivity contribution < 1.29 is 9.59 Å². The quantitative estimate of drug-likeness (QED) is 0.805. The van der Waals surface area contributed by atoms with Crippen LogP contribution in [0.2, 0.25) is 5.02 Å². The molecule has 3 rings (SSSR count). The van der Waals surface area contributed by atoms with Crippen molar-refractivity contribution in [3.05, 3.63) is 71.0 Å². The second kappa shape index (κ2) is 9.33. The van der Waals surface area contributed by atoms with Gasteiger partial charge < -0.3 is 10.2 Å². The van der Waals surface area contributed by atoms with E-state index in [9.17, 15) is 9.59 Å². The van der Waals surface area contributed by atoms with Crippen molar-refractivity contribution in [3.63, 3.8) is 0 Å². The highest BCUT2D eigenvalue weighted by Gasteiger charge is 2.23. The minimum Gasteiger partial charge on any atom is -0.352 e. The van der Waals surface area contributed by atoms with Gasteiger partial charge in [0.2, 0.25) is 5.91 Å². The molecule has 2 aromatic rings. The summed E-state index contributed by atoms with van der Waals surface area (Å²) in [6, 6.07) is 10.9. The molecule has 0 radical (unpaired) electrons. The van der Waals surface area contributed by atoms with Gasteiger partial charge in [0, 0.05) is 48.7 Å². The number of aromatic nitrogens is 1. The van der Waals surface area contributed by atoms with Crippen LogP contribution in [0.15, 0.2) is 54.9 Å². The van der Waals surface area contributed by atoms with Crippen LogP contribution in [-0.4, -0.2) is 41.3 Å². The van der Waals surface area contributed by atoms with Crippen LogP contribution >= 0.6 is 11.6 Å². The molecule has 1 fully saturated rings. The number of pyridine rings is 1. The molecule has 6 heteroatoms. The summed E-state index contributed by atoms with van der Waals surface area (Å²) in [4.78, 5) is 30.3. The lowest BCUT2D eigenvalue weighted by atomic mass is 9.96. The lowest BCUT2D eigenvalue weighted by molar-refractivity contribution is -0.116. The number of likely N-dealkylation sites (tertiary alicyclic amines) is 1. The first-order chi connectivity index (χ1) is 13.1. The van der Waals surface area contributed by atoms with E-state index in [0.717, 1.165) is 18.4 Å². The Hall–Kier alpha value is -2.66. The molecule has 1 aromatic heterocycles. The first-order valence-corrected chi connectivity index (χ1v) is 9.41. The Morgan fingerprint density at radius 1 is 1.15 bits per heavy atom. The molecule has 27 heavy (non-hydrogen) atoms. The highest BCUT2D eigenvalue weighted by molar-refractivity contribution is 6.32. The monoisotopic (exact) mass is 383 g/mol. The van der Waals surface area contributed by atoms with E-state index in [0.29, 0.717) is 36.1 Å². The summed E-state index contributed by atoms with van der Waals surface area (Å²) in [5, 5.41) is 3.56. The Kier molecular flexibility index (Phi) is 6.60. The fraction of sp³-hybridized carbons (Fsp3) is 0.286. The van der Waals surface area contributed by atoms with Crippen LogP contribution < -0.4 is 5.32 Å². The third kappa shape index (κ3) is 5.41. The molecule has 0 atom stereocenters. The summed E-state index contributed by atoms with van der Waals surface area (Å²) in [5.41, 5.74) is 1.48. The first-order valence-electron chi connectivity index (χ1n) is 9.03. The zero-order valence-corrected chi connectivity index (χ0v) is 15.7. The summed E-state index contributed by atoms with van der Waals surface area (Å²) in [5.74, 6) is 0.289. The highest BCUT2D eigenvalue weighted by Crippen LogP contribution is 2.19. The maximum Gasteiger partial charge on any atom is 0.253 e. The highest BCUT2D eigenvalue weighted by atomic mass is 35.5. The topological polar surface area (TPSA) is 62.3 Å². The van der Waals surface area contributed by atoms with E-state index in [4.69, 9.17) is 11.6 Å². The smallest absolute Gasteiger partial charge is 0.253 e. The molecule has 0 saturated carbocycles. The Labute approximate surface area is 164 Å². The first kappa shape index (κ1) is 19.1. The molecule has 2 heterocycles. The van der Waals surface area contributed by atoms with Gasteiger partial charge in [0.15, 0.2) is 0 Å². The molecule has 140 valence electrons. The third-order valence-corrected chi connectivity index (χ3v) is 5.06. The number of benzene rings is 1. The number of nitrogens with zero attached hydrogens (tertiary/aromatic N) is 2. The van der Waals surface area contributed by atoms with Crippen LogP contribution in [0.5, 0.6) is 0 Å². The average molecular weight is 384 g/mol. The van der Waals surface area contributed by atoms with Crippen molar-refractivity contribution >= 4 is 29.5 Å². The molecule has 0 unspecified atom stereocenters. The maximum absolute atomic E-state index is 12.4. The van der Waals surface area contributed by atoms with Crippen LogP contribution in [0, 0.1) is 5.92 Å². The molecule has 0 aliphatic carbocycles. The standard InChI is InChI=1S/C21H22ClN3O2/c22-19-4-2-1-3-17(19)5-6-20(26)24-15-16-9-13-25(14-10-16)21(27)18-7-11-23-12-8-18/h1-8,11-12,16H,9-10,13-15H2,(H,24,26). The van der Waals surface area contributed by atoms with Crippen LogP contribution in [0.25, 0.3) is 6.08 Å². The molecule has 1 aliphatic heterocycles. The molecular weight excluding hydrogens is 362 g/mol. The second-order valence-electron chi connectivity index (χ2n) is 6.57. The molecule has 0 bridgehead atoms. The van der Waals surface area contributed by atoms with Crippen molar-refractivity contribution in [2.45, 2.75) is 12.8 Å². The van der Waals surface area contributed by atoms with E-state index in [1.807, 2.05) is 23.1 Å². The predicted octanol–water partition coefficient (Wildman–Crippen LogP) is 3.42. The van der Waals surface area contributed by atoms with E-state index in [1.165, 1.54) is 6.08 Å². The molecule has 1 aromatic carbocycles. The zero-order chi connectivity index (χ0) is 19.1.